The lowest BCUT2D eigenvalue weighted by Crippen LogP contribution is -1.97. The fourth-order valence-corrected chi connectivity index (χ4v) is 3.63. The number of hydrogen-bond acceptors (Lipinski definition) is 6. The van der Waals surface area contributed by atoms with E-state index in [0.29, 0.717) is 11.6 Å². The second-order valence-electron chi connectivity index (χ2n) is 6.36. The van der Waals surface area contributed by atoms with E-state index in [9.17, 15) is 0 Å². The monoisotopic (exact) mass is 392 g/mol. The SMILES string of the molecule is COc1ccccc1-c1nnc(SCc2coc(-c3ccc(C)cc3)n2)n1C. The Kier molecular flexibility index (Phi) is 5.16. The van der Waals surface area contributed by atoms with Crippen LogP contribution in [0, 0.1) is 6.92 Å². The number of para-hydroxylation sites is 1. The molecule has 28 heavy (non-hydrogen) atoms. The first kappa shape index (κ1) is 18.3. The molecule has 0 N–H and O–H groups in total. The molecule has 0 radical (unpaired) electrons. The van der Waals surface area contributed by atoms with Crippen molar-refractivity contribution in [2.45, 2.75) is 17.8 Å². The summed E-state index contributed by atoms with van der Waals surface area (Å²) in [6, 6.07) is 15.9. The normalized spacial score (nSPS) is 11.0. The van der Waals surface area contributed by atoms with E-state index in [4.69, 9.17) is 9.15 Å². The second-order valence-corrected chi connectivity index (χ2v) is 7.31. The van der Waals surface area contributed by atoms with Gasteiger partial charge in [0.05, 0.1) is 18.4 Å². The molecule has 0 saturated carbocycles. The largest absolute Gasteiger partial charge is 0.496 e. The first-order chi connectivity index (χ1) is 13.7. The number of aromatic nitrogens is 4. The van der Waals surface area contributed by atoms with Gasteiger partial charge in [0.15, 0.2) is 11.0 Å². The summed E-state index contributed by atoms with van der Waals surface area (Å²) in [6.45, 7) is 2.06. The van der Waals surface area contributed by atoms with Crippen molar-refractivity contribution >= 4 is 11.8 Å². The lowest BCUT2D eigenvalue weighted by atomic mass is 10.1. The average Bonchev–Trinajstić information content (AvgIpc) is 3.34. The smallest absolute Gasteiger partial charge is 0.226 e. The van der Waals surface area contributed by atoms with Crippen molar-refractivity contribution in [3.63, 3.8) is 0 Å². The van der Waals surface area contributed by atoms with Gasteiger partial charge < -0.3 is 13.7 Å². The van der Waals surface area contributed by atoms with Crippen LogP contribution in [0.3, 0.4) is 0 Å². The van der Waals surface area contributed by atoms with Gasteiger partial charge in [0.25, 0.3) is 0 Å². The minimum atomic E-state index is 0.628. The van der Waals surface area contributed by atoms with Crippen LogP contribution in [0.1, 0.15) is 11.3 Å². The summed E-state index contributed by atoms with van der Waals surface area (Å²) in [7, 11) is 3.60. The zero-order valence-corrected chi connectivity index (χ0v) is 16.7. The maximum absolute atomic E-state index is 5.63. The predicted octanol–water partition coefficient (Wildman–Crippen LogP) is 4.75. The molecule has 2 heterocycles. The third-order valence-electron chi connectivity index (χ3n) is 4.38. The van der Waals surface area contributed by atoms with Crippen molar-refractivity contribution in [3.8, 4) is 28.6 Å². The number of thioether (sulfide) groups is 1. The number of hydrogen-bond donors (Lipinski definition) is 0. The van der Waals surface area contributed by atoms with Crippen LogP contribution in [0.25, 0.3) is 22.8 Å². The Morgan fingerprint density at radius 2 is 1.86 bits per heavy atom. The molecule has 7 heteroatoms. The molecular formula is C21H20N4O2S. The van der Waals surface area contributed by atoms with E-state index in [-0.39, 0.29) is 0 Å². The summed E-state index contributed by atoms with van der Waals surface area (Å²) in [5.41, 5.74) is 3.95. The summed E-state index contributed by atoms with van der Waals surface area (Å²) in [5, 5.41) is 9.46. The van der Waals surface area contributed by atoms with Crippen LogP contribution >= 0.6 is 11.8 Å². The molecule has 0 aliphatic carbocycles. The molecule has 2 aromatic heterocycles. The molecule has 0 unspecified atom stereocenters. The highest BCUT2D eigenvalue weighted by atomic mass is 32.2. The minimum Gasteiger partial charge on any atom is -0.496 e. The molecule has 0 aliphatic rings. The highest BCUT2D eigenvalue weighted by Crippen LogP contribution is 2.31. The lowest BCUT2D eigenvalue weighted by molar-refractivity contribution is 0.416. The van der Waals surface area contributed by atoms with Crippen molar-refractivity contribution in [1.82, 2.24) is 19.7 Å². The fraction of sp³-hybridized carbons (Fsp3) is 0.190. The summed E-state index contributed by atoms with van der Waals surface area (Å²) < 4.78 is 13.0. The van der Waals surface area contributed by atoms with Gasteiger partial charge in [-0.2, -0.15) is 0 Å². The molecule has 6 nitrogen and oxygen atoms in total. The summed E-state index contributed by atoms with van der Waals surface area (Å²) in [5.74, 6) is 2.81. The Morgan fingerprint density at radius 1 is 1.07 bits per heavy atom. The first-order valence-corrected chi connectivity index (χ1v) is 9.81. The van der Waals surface area contributed by atoms with E-state index in [1.165, 1.54) is 5.56 Å². The van der Waals surface area contributed by atoms with Gasteiger partial charge in [0.2, 0.25) is 5.89 Å². The summed E-state index contributed by atoms with van der Waals surface area (Å²) >= 11 is 1.57. The van der Waals surface area contributed by atoms with Gasteiger partial charge in [-0.05, 0) is 31.2 Å². The highest BCUT2D eigenvalue weighted by molar-refractivity contribution is 7.98. The van der Waals surface area contributed by atoms with Crippen molar-refractivity contribution in [2.24, 2.45) is 7.05 Å². The van der Waals surface area contributed by atoms with Gasteiger partial charge >= 0.3 is 0 Å². The van der Waals surface area contributed by atoms with Gasteiger partial charge in [-0.1, -0.05) is 41.6 Å². The van der Waals surface area contributed by atoms with Gasteiger partial charge in [-0.25, -0.2) is 4.98 Å². The number of aryl methyl sites for hydroxylation is 1. The molecule has 0 fully saturated rings. The number of methoxy groups -OCH3 is 1. The second kappa shape index (κ2) is 7.90. The van der Waals surface area contributed by atoms with Crippen LogP contribution < -0.4 is 4.74 Å². The number of oxazole rings is 1. The quantitative estimate of drug-likeness (QED) is 0.441. The number of rotatable bonds is 6. The Bertz CT molecular complexity index is 1090. The zero-order chi connectivity index (χ0) is 19.5. The number of ether oxygens (including phenoxy) is 1. The molecule has 0 bridgehead atoms. The number of nitrogens with zero attached hydrogens (tertiary/aromatic N) is 4. The molecule has 0 spiro atoms. The van der Waals surface area contributed by atoms with Crippen molar-refractivity contribution in [1.29, 1.82) is 0 Å². The zero-order valence-electron chi connectivity index (χ0n) is 15.9. The van der Waals surface area contributed by atoms with E-state index >= 15 is 0 Å². The molecular weight excluding hydrogens is 372 g/mol. The highest BCUT2D eigenvalue weighted by Gasteiger charge is 2.15. The van der Waals surface area contributed by atoms with E-state index in [0.717, 1.165) is 33.6 Å². The maximum atomic E-state index is 5.63. The molecule has 2 aromatic carbocycles. The minimum absolute atomic E-state index is 0.628. The Morgan fingerprint density at radius 3 is 2.64 bits per heavy atom. The van der Waals surface area contributed by atoms with E-state index in [1.54, 1.807) is 25.1 Å². The lowest BCUT2D eigenvalue weighted by Gasteiger charge is -2.07. The van der Waals surface area contributed by atoms with E-state index < -0.39 is 0 Å². The third-order valence-corrected chi connectivity index (χ3v) is 5.44. The number of benzene rings is 2. The van der Waals surface area contributed by atoms with Gasteiger partial charge in [-0.3, -0.25) is 0 Å². The van der Waals surface area contributed by atoms with Crippen molar-refractivity contribution in [2.75, 3.05) is 7.11 Å². The van der Waals surface area contributed by atoms with Crippen LogP contribution in [-0.4, -0.2) is 26.9 Å². The standard InChI is InChI=1S/C21H20N4O2S/c1-14-8-10-15(11-9-14)20-22-16(12-27-20)13-28-21-24-23-19(25(21)2)17-6-4-5-7-18(17)26-3/h4-12H,13H2,1-3H3. The topological polar surface area (TPSA) is 66.0 Å². The summed E-state index contributed by atoms with van der Waals surface area (Å²) in [4.78, 5) is 4.58. The van der Waals surface area contributed by atoms with Crippen LogP contribution in [0.5, 0.6) is 5.75 Å². The average molecular weight is 392 g/mol. The molecule has 0 aliphatic heterocycles. The molecule has 0 amide bonds. The molecule has 4 rings (SSSR count). The van der Waals surface area contributed by atoms with Gasteiger partial charge in [-0.15, -0.1) is 10.2 Å². The Labute approximate surface area is 167 Å². The Hall–Kier alpha value is -3.06. The molecule has 4 aromatic rings. The Balaban J connectivity index is 1.49. The van der Waals surface area contributed by atoms with Crippen LogP contribution in [0.15, 0.2) is 64.4 Å². The van der Waals surface area contributed by atoms with Crippen LogP contribution in [0.4, 0.5) is 0 Å². The van der Waals surface area contributed by atoms with Crippen LogP contribution in [-0.2, 0) is 12.8 Å². The van der Waals surface area contributed by atoms with Crippen LogP contribution in [0.2, 0.25) is 0 Å². The van der Waals surface area contributed by atoms with Gasteiger partial charge in [0.1, 0.15) is 12.0 Å². The maximum Gasteiger partial charge on any atom is 0.226 e. The van der Waals surface area contributed by atoms with Crippen molar-refractivity contribution < 1.29 is 9.15 Å². The molecule has 0 atom stereocenters. The van der Waals surface area contributed by atoms with Crippen molar-refractivity contribution in [3.05, 3.63) is 66.1 Å². The summed E-state index contributed by atoms with van der Waals surface area (Å²) in [6.07, 6.45) is 1.69. The predicted molar refractivity (Wildman–Crippen MR) is 109 cm³/mol. The first-order valence-electron chi connectivity index (χ1n) is 8.82. The fourth-order valence-electron chi connectivity index (χ4n) is 2.84. The van der Waals surface area contributed by atoms with E-state index in [2.05, 4.69) is 22.1 Å². The molecule has 0 saturated heterocycles. The van der Waals surface area contributed by atoms with Gasteiger partial charge in [0, 0.05) is 18.4 Å². The van der Waals surface area contributed by atoms with E-state index in [1.807, 2.05) is 60.1 Å². The molecule has 142 valence electrons. The third kappa shape index (κ3) is 3.66.